The van der Waals surface area contributed by atoms with Crippen LogP contribution >= 0.6 is 0 Å². The summed E-state index contributed by atoms with van der Waals surface area (Å²) in [6.45, 7) is 4.12. The first-order valence-corrected chi connectivity index (χ1v) is 6.33. The van der Waals surface area contributed by atoms with Crippen LogP contribution in [0.2, 0.25) is 0 Å². The molecule has 0 amide bonds. The largest absolute Gasteiger partial charge is 0.493 e. The average Bonchev–Trinajstić information content (AvgIpc) is 2.34. The third-order valence-electron chi connectivity index (χ3n) is 2.50. The quantitative estimate of drug-likeness (QED) is 0.445. The number of nitrogens with zero attached hydrogens (tertiary/aromatic N) is 2. The second-order valence-corrected chi connectivity index (χ2v) is 4.51. The Balaban J connectivity index is 2.67. The topological polar surface area (TPSA) is 67.6 Å². The molecule has 0 bridgehead atoms. The third kappa shape index (κ3) is 5.56. The highest BCUT2D eigenvalue weighted by Gasteiger charge is 2.10. The van der Waals surface area contributed by atoms with E-state index in [4.69, 9.17) is 4.74 Å². The molecule has 0 aliphatic heterocycles. The van der Waals surface area contributed by atoms with E-state index >= 15 is 0 Å². The molecule has 0 aromatic heterocycles. The minimum atomic E-state index is -0.409. The molecule has 1 aromatic rings. The Morgan fingerprint density at radius 1 is 1.37 bits per heavy atom. The minimum Gasteiger partial charge on any atom is -0.493 e. The smallest absolute Gasteiger partial charge is 0.275 e. The van der Waals surface area contributed by atoms with Gasteiger partial charge in [-0.1, -0.05) is 0 Å². The number of hydrogen-bond acceptors (Lipinski definition) is 5. The molecular formula is C13H21N3O3. The standard InChI is InChI=1S/C13H21N3O3/c1-4-14-11-8-12(16(17)18)10-13(9-11)19-7-5-6-15(2)3/h8-10,14H,4-7H2,1-3H3. The van der Waals surface area contributed by atoms with Gasteiger partial charge in [-0.3, -0.25) is 10.1 Å². The van der Waals surface area contributed by atoms with Crippen LogP contribution in [0.15, 0.2) is 18.2 Å². The molecule has 0 fully saturated rings. The number of rotatable bonds is 8. The van der Waals surface area contributed by atoms with Crippen LogP contribution in [0, 0.1) is 10.1 Å². The van der Waals surface area contributed by atoms with Crippen molar-refractivity contribution in [3.05, 3.63) is 28.3 Å². The van der Waals surface area contributed by atoms with Gasteiger partial charge in [0.25, 0.3) is 5.69 Å². The van der Waals surface area contributed by atoms with E-state index in [1.165, 1.54) is 12.1 Å². The number of nitrogens with one attached hydrogen (secondary N) is 1. The highest BCUT2D eigenvalue weighted by atomic mass is 16.6. The lowest BCUT2D eigenvalue weighted by atomic mass is 10.2. The first kappa shape index (κ1) is 15.2. The lowest BCUT2D eigenvalue weighted by Gasteiger charge is -2.11. The summed E-state index contributed by atoms with van der Waals surface area (Å²) in [7, 11) is 3.99. The summed E-state index contributed by atoms with van der Waals surface area (Å²) in [6, 6.07) is 4.75. The van der Waals surface area contributed by atoms with Crippen LogP contribution in [0.5, 0.6) is 5.75 Å². The van der Waals surface area contributed by atoms with Crippen LogP contribution in [-0.4, -0.2) is 43.6 Å². The van der Waals surface area contributed by atoms with Crippen molar-refractivity contribution in [3.63, 3.8) is 0 Å². The summed E-state index contributed by atoms with van der Waals surface area (Å²) < 4.78 is 5.56. The predicted molar refractivity (Wildman–Crippen MR) is 75.9 cm³/mol. The number of non-ortho nitro benzene ring substituents is 1. The number of ether oxygens (including phenoxy) is 1. The van der Waals surface area contributed by atoms with E-state index in [2.05, 4.69) is 10.2 Å². The first-order valence-electron chi connectivity index (χ1n) is 6.33. The molecule has 6 nitrogen and oxygen atoms in total. The van der Waals surface area contributed by atoms with Gasteiger partial charge < -0.3 is 15.0 Å². The van der Waals surface area contributed by atoms with Crippen molar-refractivity contribution in [3.8, 4) is 5.75 Å². The minimum absolute atomic E-state index is 0.0426. The van der Waals surface area contributed by atoms with Gasteiger partial charge in [0.05, 0.1) is 17.6 Å². The molecule has 1 rings (SSSR count). The summed E-state index contributed by atoms with van der Waals surface area (Å²) in [5, 5.41) is 13.9. The molecule has 1 N–H and O–H groups in total. The summed E-state index contributed by atoms with van der Waals surface area (Å²) in [5.41, 5.74) is 0.750. The fourth-order valence-electron chi connectivity index (χ4n) is 1.65. The zero-order valence-corrected chi connectivity index (χ0v) is 11.7. The summed E-state index contributed by atoms with van der Waals surface area (Å²) in [5.74, 6) is 0.531. The van der Waals surface area contributed by atoms with Crippen LogP contribution in [-0.2, 0) is 0 Å². The number of nitro groups is 1. The Morgan fingerprint density at radius 3 is 2.68 bits per heavy atom. The number of nitro benzene ring substituents is 1. The SMILES string of the molecule is CCNc1cc(OCCCN(C)C)cc([N+](=O)[O-])c1. The monoisotopic (exact) mass is 267 g/mol. The molecule has 0 heterocycles. The molecule has 106 valence electrons. The van der Waals surface area contributed by atoms with Crippen molar-refractivity contribution < 1.29 is 9.66 Å². The normalized spacial score (nSPS) is 10.5. The van der Waals surface area contributed by atoms with Gasteiger partial charge in [-0.2, -0.15) is 0 Å². The van der Waals surface area contributed by atoms with E-state index in [0.717, 1.165) is 13.0 Å². The highest BCUT2D eigenvalue weighted by molar-refractivity contribution is 5.56. The van der Waals surface area contributed by atoms with Crippen LogP contribution in [0.1, 0.15) is 13.3 Å². The molecule has 0 radical (unpaired) electrons. The number of hydrogen-bond donors (Lipinski definition) is 1. The zero-order valence-electron chi connectivity index (χ0n) is 11.7. The van der Waals surface area contributed by atoms with Crippen LogP contribution in [0.4, 0.5) is 11.4 Å². The Bertz CT molecular complexity index is 422. The summed E-state index contributed by atoms with van der Waals surface area (Å²) in [6.07, 6.45) is 0.881. The number of anilines is 1. The van der Waals surface area contributed by atoms with Crippen molar-refractivity contribution >= 4 is 11.4 Å². The molecule has 6 heteroatoms. The van der Waals surface area contributed by atoms with Gasteiger partial charge in [0.15, 0.2) is 0 Å². The van der Waals surface area contributed by atoms with Crippen molar-refractivity contribution in [1.29, 1.82) is 0 Å². The summed E-state index contributed by atoms with van der Waals surface area (Å²) in [4.78, 5) is 12.5. The molecule has 0 saturated heterocycles. The Kier molecular flexibility index (Phi) is 6.08. The van der Waals surface area contributed by atoms with Gasteiger partial charge in [-0.15, -0.1) is 0 Å². The Morgan fingerprint density at radius 2 is 2.11 bits per heavy atom. The van der Waals surface area contributed by atoms with Gasteiger partial charge in [-0.05, 0) is 27.4 Å². The molecule has 0 unspecified atom stereocenters. The van der Waals surface area contributed by atoms with E-state index in [0.29, 0.717) is 24.6 Å². The van der Waals surface area contributed by atoms with E-state index in [9.17, 15) is 10.1 Å². The van der Waals surface area contributed by atoms with Crippen molar-refractivity contribution in [2.45, 2.75) is 13.3 Å². The molecule has 0 aliphatic rings. The van der Waals surface area contributed by atoms with Gasteiger partial charge in [0.2, 0.25) is 0 Å². The number of benzene rings is 1. The molecule has 0 spiro atoms. The van der Waals surface area contributed by atoms with Gasteiger partial charge in [-0.25, -0.2) is 0 Å². The molecule has 0 atom stereocenters. The fraction of sp³-hybridized carbons (Fsp3) is 0.538. The van der Waals surface area contributed by atoms with Crippen LogP contribution in [0.3, 0.4) is 0 Å². The Hall–Kier alpha value is -1.82. The molecule has 0 aliphatic carbocycles. The lowest BCUT2D eigenvalue weighted by molar-refractivity contribution is -0.384. The third-order valence-corrected chi connectivity index (χ3v) is 2.50. The van der Waals surface area contributed by atoms with E-state index < -0.39 is 4.92 Å². The molecule has 1 aromatic carbocycles. The van der Waals surface area contributed by atoms with Crippen molar-refractivity contribution in [2.24, 2.45) is 0 Å². The maximum absolute atomic E-state index is 10.8. The van der Waals surface area contributed by atoms with Crippen LogP contribution < -0.4 is 10.1 Å². The van der Waals surface area contributed by atoms with Gasteiger partial charge in [0.1, 0.15) is 5.75 Å². The maximum atomic E-state index is 10.8. The second kappa shape index (κ2) is 7.58. The highest BCUT2D eigenvalue weighted by Crippen LogP contribution is 2.26. The Labute approximate surface area is 113 Å². The molecule has 0 saturated carbocycles. The first-order chi connectivity index (χ1) is 9.02. The average molecular weight is 267 g/mol. The van der Waals surface area contributed by atoms with Gasteiger partial charge in [0, 0.05) is 30.9 Å². The second-order valence-electron chi connectivity index (χ2n) is 4.51. The zero-order chi connectivity index (χ0) is 14.3. The summed E-state index contributed by atoms with van der Waals surface area (Å²) >= 11 is 0. The molecule has 19 heavy (non-hydrogen) atoms. The predicted octanol–water partition coefficient (Wildman–Crippen LogP) is 2.36. The lowest BCUT2D eigenvalue weighted by Crippen LogP contribution is -2.15. The van der Waals surface area contributed by atoms with Crippen molar-refractivity contribution in [2.75, 3.05) is 39.1 Å². The fourth-order valence-corrected chi connectivity index (χ4v) is 1.65. The van der Waals surface area contributed by atoms with Crippen molar-refractivity contribution in [1.82, 2.24) is 4.90 Å². The van der Waals surface area contributed by atoms with E-state index in [1.807, 2.05) is 21.0 Å². The van der Waals surface area contributed by atoms with E-state index in [-0.39, 0.29) is 5.69 Å². The molecular weight excluding hydrogens is 246 g/mol. The van der Waals surface area contributed by atoms with Gasteiger partial charge >= 0.3 is 0 Å². The maximum Gasteiger partial charge on any atom is 0.275 e. The van der Waals surface area contributed by atoms with E-state index in [1.54, 1.807) is 6.07 Å². The van der Waals surface area contributed by atoms with Crippen LogP contribution in [0.25, 0.3) is 0 Å².